The summed E-state index contributed by atoms with van der Waals surface area (Å²) in [7, 11) is 0. The molecule has 2 nitrogen and oxygen atoms in total. The molecular weight excluding hydrogens is 181 g/mol. The van der Waals surface area contributed by atoms with Crippen LogP contribution in [0.15, 0.2) is 24.3 Å². The van der Waals surface area contributed by atoms with Gasteiger partial charge in [0.25, 0.3) is 0 Å². The Balaban J connectivity index is 2.20. The molecule has 0 saturated heterocycles. The Labute approximate surface area is 82.9 Å². The predicted molar refractivity (Wildman–Crippen MR) is 53.2 cm³/mol. The van der Waals surface area contributed by atoms with Gasteiger partial charge < -0.3 is 10.5 Å². The Hall–Kier alpha value is -1.09. The van der Waals surface area contributed by atoms with Gasteiger partial charge in [0.15, 0.2) is 0 Å². The van der Waals surface area contributed by atoms with Crippen molar-refractivity contribution >= 4 is 0 Å². The van der Waals surface area contributed by atoms with Crippen LogP contribution in [0.2, 0.25) is 0 Å². The molecule has 0 fully saturated rings. The maximum atomic E-state index is 12.3. The third-order valence-electron chi connectivity index (χ3n) is 2.62. The van der Waals surface area contributed by atoms with Crippen LogP contribution in [0, 0.1) is 0 Å². The molecule has 3 heteroatoms. The highest BCUT2D eigenvalue weighted by atomic mass is 19.1. The third-order valence-corrected chi connectivity index (χ3v) is 2.62. The summed E-state index contributed by atoms with van der Waals surface area (Å²) in [6.07, 6.45) is 1.06. The number of hydrogen-bond donors (Lipinski definition) is 1. The Morgan fingerprint density at radius 1 is 1.43 bits per heavy atom. The highest BCUT2D eigenvalue weighted by Crippen LogP contribution is 2.29. The van der Waals surface area contributed by atoms with Gasteiger partial charge in [-0.15, -0.1) is 0 Å². The molecule has 1 aliphatic heterocycles. The van der Waals surface area contributed by atoms with E-state index in [1.165, 1.54) is 0 Å². The van der Waals surface area contributed by atoms with Gasteiger partial charge in [-0.25, -0.2) is 0 Å². The number of nitrogens with two attached hydrogens (primary N) is 1. The second kappa shape index (κ2) is 3.58. The molecule has 1 atom stereocenters. The normalized spacial score (nSPS) is 25.3. The largest absolute Gasteiger partial charge is 0.491 e. The molecule has 1 aliphatic rings. The van der Waals surface area contributed by atoms with E-state index in [9.17, 15) is 4.39 Å². The van der Waals surface area contributed by atoms with E-state index >= 15 is 0 Å². The molecule has 0 spiro atoms. The zero-order chi connectivity index (χ0) is 10.0. The van der Waals surface area contributed by atoms with Crippen LogP contribution in [0.5, 0.6) is 5.75 Å². The molecule has 0 aliphatic carbocycles. The minimum absolute atomic E-state index is 0.362. The van der Waals surface area contributed by atoms with Crippen molar-refractivity contribution in [2.24, 2.45) is 5.73 Å². The Kier molecular flexibility index (Phi) is 2.42. The monoisotopic (exact) mass is 195 g/mol. The maximum Gasteiger partial charge on any atom is 0.122 e. The highest BCUT2D eigenvalue weighted by Gasteiger charge is 2.31. The molecule has 0 radical (unpaired) electrons. The summed E-state index contributed by atoms with van der Waals surface area (Å²) < 4.78 is 17.8. The molecule has 0 bridgehead atoms. The number of para-hydroxylation sites is 1. The van der Waals surface area contributed by atoms with E-state index in [1.54, 1.807) is 0 Å². The molecule has 2 rings (SSSR count). The number of rotatable bonds is 2. The van der Waals surface area contributed by atoms with Gasteiger partial charge in [-0.05, 0) is 24.5 Å². The standard InChI is InChI=1S/C11H14FNO/c12-6-5-11(13)7-9-3-1-2-4-10(9)14-8-11/h1-4H,5-8,13H2. The molecule has 1 aromatic carbocycles. The van der Waals surface area contributed by atoms with Crippen molar-refractivity contribution in [3.05, 3.63) is 29.8 Å². The smallest absolute Gasteiger partial charge is 0.122 e. The molecule has 0 saturated carbocycles. The average Bonchev–Trinajstić information content (AvgIpc) is 2.17. The van der Waals surface area contributed by atoms with Crippen LogP contribution in [0.4, 0.5) is 4.39 Å². The fourth-order valence-corrected chi connectivity index (χ4v) is 1.79. The van der Waals surface area contributed by atoms with Crippen LogP contribution in [-0.2, 0) is 6.42 Å². The van der Waals surface area contributed by atoms with Crippen molar-refractivity contribution in [3.8, 4) is 5.75 Å². The van der Waals surface area contributed by atoms with Gasteiger partial charge in [-0.3, -0.25) is 4.39 Å². The summed E-state index contributed by atoms with van der Waals surface area (Å²) in [5, 5.41) is 0. The molecule has 0 amide bonds. The first-order valence-electron chi connectivity index (χ1n) is 4.79. The van der Waals surface area contributed by atoms with E-state index in [4.69, 9.17) is 10.5 Å². The second-order valence-electron chi connectivity index (χ2n) is 3.87. The van der Waals surface area contributed by atoms with Gasteiger partial charge in [-0.1, -0.05) is 18.2 Å². The van der Waals surface area contributed by atoms with Crippen molar-refractivity contribution in [1.82, 2.24) is 0 Å². The number of alkyl halides is 1. The molecule has 0 aromatic heterocycles. The quantitative estimate of drug-likeness (QED) is 0.779. The first kappa shape index (κ1) is 9.46. The topological polar surface area (TPSA) is 35.2 Å². The first-order valence-corrected chi connectivity index (χ1v) is 4.79. The Morgan fingerprint density at radius 3 is 3.00 bits per heavy atom. The van der Waals surface area contributed by atoms with Crippen LogP contribution in [0.25, 0.3) is 0 Å². The Morgan fingerprint density at radius 2 is 2.21 bits per heavy atom. The fourth-order valence-electron chi connectivity index (χ4n) is 1.79. The number of hydrogen-bond acceptors (Lipinski definition) is 2. The van der Waals surface area contributed by atoms with Gasteiger partial charge in [0.1, 0.15) is 12.4 Å². The van der Waals surface area contributed by atoms with Crippen LogP contribution in [0.3, 0.4) is 0 Å². The minimum atomic E-state index is -0.525. The zero-order valence-electron chi connectivity index (χ0n) is 8.00. The second-order valence-corrected chi connectivity index (χ2v) is 3.87. The summed E-state index contributed by atoms with van der Waals surface area (Å²) in [5.41, 5.74) is 6.57. The van der Waals surface area contributed by atoms with E-state index in [-0.39, 0.29) is 6.67 Å². The lowest BCUT2D eigenvalue weighted by Crippen LogP contribution is -2.50. The van der Waals surface area contributed by atoms with Crippen molar-refractivity contribution in [2.75, 3.05) is 13.3 Å². The first-order chi connectivity index (χ1) is 6.73. The fraction of sp³-hybridized carbons (Fsp3) is 0.455. The number of halogens is 1. The maximum absolute atomic E-state index is 12.3. The van der Waals surface area contributed by atoms with Gasteiger partial charge in [0, 0.05) is 0 Å². The molecule has 14 heavy (non-hydrogen) atoms. The summed E-state index contributed by atoms with van der Waals surface area (Å²) >= 11 is 0. The predicted octanol–water partition coefficient (Wildman–Crippen LogP) is 1.68. The summed E-state index contributed by atoms with van der Waals surface area (Å²) in [6, 6.07) is 7.78. The van der Waals surface area contributed by atoms with Crippen LogP contribution in [-0.4, -0.2) is 18.8 Å². The number of fused-ring (bicyclic) bond motifs is 1. The third kappa shape index (κ3) is 1.73. The zero-order valence-corrected chi connectivity index (χ0v) is 8.00. The molecule has 2 N–H and O–H groups in total. The molecule has 76 valence electrons. The number of ether oxygens (including phenoxy) is 1. The summed E-state index contributed by atoms with van der Waals surface area (Å²) in [4.78, 5) is 0. The van der Waals surface area contributed by atoms with E-state index < -0.39 is 5.54 Å². The van der Waals surface area contributed by atoms with E-state index in [2.05, 4.69) is 0 Å². The number of benzene rings is 1. The SMILES string of the molecule is NC1(CCF)COc2ccccc2C1. The lowest BCUT2D eigenvalue weighted by Gasteiger charge is -2.33. The summed E-state index contributed by atoms with van der Waals surface area (Å²) in [5.74, 6) is 0.882. The van der Waals surface area contributed by atoms with Gasteiger partial charge in [0.2, 0.25) is 0 Å². The van der Waals surface area contributed by atoms with E-state index in [0.29, 0.717) is 19.4 Å². The Bertz CT molecular complexity index is 329. The average molecular weight is 195 g/mol. The van der Waals surface area contributed by atoms with E-state index in [0.717, 1.165) is 11.3 Å². The summed E-state index contributed by atoms with van der Waals surface area (Å²) in [6.45, 7) is 0.0238. The molecule has 1 heterocycles. The highest BCUT2D eigenvalue weighted by molar-refractivity contribution is 5.36. The van der Waals surface area contributed by atoms with Gasteiger partial charge in [0.05, 0.1) is 12.2 Å². The van der Waals surface area contributed by atoms with Crippen molar-refractivity contribution < 1.29 is 9.13 Å². The molecular formula is C11H14FNO. The lowest BCUT2D eigenvalue weighted by molar-refractivity contribution is 0.172. The lowest BCUT2D eigenvalue weighted by atomic mass is 9.87. The van der Waals surface area contributed by atoms with Gasteiger partial charge in [-0.2, -0.15) is 0 Å². The van der Waals surface area contributed by atoms with E-state index in [1.807, 2.05) is 24.3 Å². The van der Waals surface area contributed by atoms with Crippen LogP contribution >= 0.6 is 0 Å². The van der Waals surface area contributed by atoms with Crippen LogP contribution < -0.4 is 10.5 Å². The van der Waals surface area contributed by atoms with Crippen molar-refractivity contribution in [1.29, 1.82) is 0 Å². The minimum Gasteiger partial charge on any atom is -0.491 e. The van der Waals surface area contributed by atoms with Crippen LogP contribution in [0.1, 0.15) is 12.0 Å². The van der Waals surface area contributed by atoms with Crippen molar-refractivity contribution in [3.63, 3.8) is 0 Å². The van der Waals surface area contributed by atoms with Crippen molar-refractivity contribution in [2.45, 2.75) is 18.4 Å². The molecule has 1 aromatic rings. The molecule has 1 unspecified atom stereocenters. The van der Waals surface area contributed by atoms with Gasteiger partial charge >= 0.3 is 0 Å².